The molecule has 2 N–H and O–H groups in total. The predicted molar refractivity (Wildman–Crippen MR) is 97.7 cm³/mol. The van der Waals surface area contributed by atoms with Crippen LogP contribution in [0.25, 0.3) is 0 Å². The Morgan fingerprint density at radius 1 is 1.32 bits per heavy atom. The zero-order valence-corrected chi connectivity index (χ0v) is 15.9. The Labute approximate surface area is 162 Å². The second-order valence-corrected chi connectivity index (χ2v) is 7.41. The summed E-state index contributed by atoms with van der Waals surface area (Å²) in [6, 6.07) is 4.65. The van der Waals surface area contributed by atoms with E-state index in [1.807, 2.05) is 0 Å². The molecule has 1 saturated heterocycles. The Hall–Kier alpha value is -2.39. The molecule has 1 aromatic rings. The van der Waals surface area contributed by atoms with Crippen LogP contribution in [0.4, 0.5) is 8.78 Å². The van der Waals surface area contributed by atoms with Crippen LogP contribution in [0.15, 0.2) is 18.2 Å². The van der Waals surface area contributed by atoms with E-state index in [1.165, 1.54) is 16.8 Å². The SMILES string of the molecule is CNCC(F)(F)CN(C)Cc1cccc2c1C(=O)N(C1CCC(=O)NC1=O)C2. The monoisotopic (exact) mass is 394 g/mol. The van der Waals surface area contributed by atoms with Crippen LogP contribution in [0, 0.1) is 0 Å². The van der Waals surface area contributed by atoms with Crippen LogP contribution in [0.3, 0.4) is 0 Å². The van der Waals surface area contributed by atoms with Gasteiger partial charge in [-0.05, 0) is 31.6 Å². The van der Waals surface area contributed by atoms with Gasteiger partial charge in [-0.15, -0.1) is 0 Å². The number of amides is 3. The molecule has 1 unspecified atom stereocenters. The number of alkyl halides is 2. The number of benzene rings is 1. The van der Waals surface area contributed by atoms with Gasteiger partial charge in [0, 0.05) is 25.1 Å². The van der Waals surface area contributed by atoms with Crippen molar-refractivity contribution < 1.29 is 23.2 Å². The summed E-state index contributed by atoms with van der Waals surface area (Å²) in [6.45, 7) is -0.402. The first-order valence-corrected chi connectivity index (χ1v) is 9.18. The smallest absolute Gasteiger partial charge is 0.272 e. The molecule has 1 aromatic carbocycles. The zero-order valence-electron chi connectivity index (χ0n) is 15.9. The number of carbonyl (C=O) groups excluding carboxylic acids is 3. The van der Waals surface area contributed by atoms with Gasteiger partial charge in [-0.3, -0.25) is 24.6 Å². The number of fused-ring (bicyclic) bond motifs is 1. The summed E-state index contributed by atoms with van der Waals surface area (Å²) in [6.07, 6.45) is 0.475. The molecule has 0 bridgehead atoms. The molecule has 7 nitrogen and oxygen atoms in total. The molecule has 0 spiro atoms. The van der Waals surface area contributed by atoms with Crippen LogP contribution in [0.1, 0.15) is 34.3 Å². The Morgan fingerprint density at radius 2 is 2.07 bits per heavy atom. The maximum Gasteiger partial charge on any atom is 0.272 e. The first-order valence-electron chi connectivity index (χ1n) is 9.18. The zero-order chi connectivity index (χ0) is 20.5. The summed E-state index contributed by atoms with van der Waals surface area (Å²) in [5, 5.41) is 4.74. The van der Waals surface area contributed by atoms with Crippen LogP contribution in [0.5, 0.6) is 0 Å². The van der Waals surface area contributed by atoms with Crippen molar-refractivity contribution in [3.8, 4) is 0 Å². The first-order chi connectivity index (χ1) is 13.2. The van der Waals surface area contributed by atoms with E-state index < -0.39 is 31.0 Å². The highest BCUT2D eigenvalue weighted by Crippen LogP contribution is 2.30. The lowest BCUT2D eigenvalue weighted by atomic mass is 10.0. The molecule has 3 amide bonds. The Kier molecular flexibility index (Phi) is 5.76. The van der Waals surface area contributed by atoms with Crippen LogP contribution in [-0.2, 0) is 22.7 Å². The minimum atomic E-state index is -2.88. The highest BCUT2D eigenvalue weighted by atomic mass is 19.3. The molecule has 152 valence electrons. The highest BCUT2D eigenvalue weighted by Gasteiger charge is 2.40. The van der Waals surface area contributed by atoms with Gasteiger partial charge in [-0.1, -0.05) is 18.2 Å². The van der Waals surface area contributed by atoms with E-state index in [0.29, 0.717) is 11.1 Å². The normalized spacial score (nSPS) is 20.0. The van der Waals surface area contributed by atoms with Crippen molar-refractivity contribution >= 4 is 17.7 Å². The van der Waals surface area contributed by atoms with Crippen molar-refractivity contribution in [3.05, 3.63) is 34.9 Å². The average Bonchev–Trinajstić information content (AvgIpc) is 2.92. The molecule has 0 saturated carbocycles. The van der Waals surface area contributed by atoms with E-state index in [1.54, 1.807) is 25.2 Å². The van der Waals surface area contributed by atoms with E-state index >= 15 is 0 Å². The van der Waals surface area contributed by atoms with E-state index in [-0.39, 0.29) is 37.7 Å². The van der Waals surface area contributed by atoms with Gasteiger partial charge in [0.15, 0.2) is 0 Å². The number of piperidine rings is 1. The average molecular weight is 394 g/mol. The molecule has 3 rings (SSSR count). The summed E-state index contributed by atoms with van der Waals surface area (Å²) in [4.78, 5) is 39.5. The Balaban J connectivity index is 1.76. The number of nitrogens with one attached hydrogen (secondary N) is 2. The predicted octanol–water partition coefficient (Wildman–Crippen LogP) is 0.734. The number of carbonyl (C=O) groups is 3. The van der Waals surface area contributed by atoms with Gasteiger partial charge in [0.1, 0.15) is 6.04 Å². The molecule has 2 heterocycles. The van der Waals surface area contributed by atoms with Gasteiger partial charge in [-0.25, -0.2) is 8.78 Å². The number of hydrogen-bond acceptors (Lipinski definition) is 5. The molecular formula is C19H24F2N4O3. The summed E-state index contributed by atoms with van der Waals surface area (Å²) < 4.78 is 27.7. The van der Waals surface area contributed by atoms with Crippen molar-refractivity contribution in [1.82, 2.24) is 20.4 Å². The fourth-order valence-corrected chi connectivity index (χ4v) is 3.88. The van der Waals surface area contributed by atoms with Gasteiger partial charge in [0.2, 0.25) is 11.8 Å². The molecular weight excluding hydrogens is 370 g/mol. The Morgan fingerprint density at radius 3 is 2.75 bits per heavy atom. The summed E-state index contributed by atoms with van der Waals surface area (Å²) in [5.74, 6) is -3.99. The molecule has 0 aromatic heterocycles. The van der Waals surface area contributed by atoms with Gasteiger partial charge in [-0.2, -0.15) is 0 Å². The number of nitrogens with zero attached hydrogens (tertiary/aromatic N) is 2. The lowest BCUT2D eigenvalue weighted by Crippen LogP contribution is -2.52. The highest BCUT2D eigenvalue weighted by molar-refractivity contribution is 6.05. The minimum Gasteiger partial charge on any atom is -0.322 e. The summed E-state index contributed by atoms with van der Waals surface area (Å²) in [7, 11) is 3.06. The molecule has 0 aliphatic carbocycles. The number of imide groups is 1. The van der Waals surface area contributed by atoms with Crippen molar-refractivity contribution in [2.24, 2.45) is 0 Å². The van der Waals surface area contributed by atoms with Crippen LogP contribution in [0.2, 0.25) is 0 Å². The standard InChI is InChI=1S/C19H24F2N4O3/c1-22-10-19(20,21)11-24(2)8-12-4-3-5-13-9-25(18(28)16(12)13)14-6-7-15(26)23-17(14)27/h3-5,14,22H,6-11H2,1-2H3,(H,23,26,27). The third kappa shape index (κ3) is 4.20. The quantitative estimate of drug-likeness (QED) is 0.667. The van der Waals surface area contributed by atoms with Crippen LogP contribution >= 0.6 is 0 Å². The second-order valence-electron chi connectivity index (χ2n) is 7.41. The number of rotatable bonds is 7. The molecule has 2 aliphatic rings. The fraction of sp³-hybridized carbons (Fsp3) is 0.526. The second kappa shape index (κ2) is 7.92. The molecule has 1 fully saturated rings. The minimum absolute atomic E-state index is 0.187. The molecule has 2 aliphatic heterocycles. The van der Waals surface area contributed by atoms with E-state index in [9.17, 15) is 23.2 Å². The number of halogens is 2. The van der Waals surface area contributed by atoms with Gasteiger partial charge in [0.05, 0.1) is 13.1 Å². The molecule has 28 heavy (non-hydrogen) atoms. The number of hydrogen-bond donors (Lipinski definition) is 2. The fourth-order valence-electron chi connectivity index (χ4n) is 3.88. The maximum absolute atomic E-state index is 13.9. The molecule has 1 atom stereocenters. The van der Waals surface area contributed by atoms with Crippen molar-refractivity contribution in [1.29, 1.82) is 0 Å². The van der Waals surface area contributed by atoms with E-state index in [4.69, 9.17) is 0 Å². The molecule has 9 heteroatoms. The maximum atomic E-state index is 13.9. The summed E-state index contributed by atoms with van der Waals surface area (Å²) >= 11 is 0. The lowest BCUT2D eigenvalue weighted by Gasteiger charge is -2.29. The van der Waals surface area contributed by atoms with Gasteiger partial charge >= 0.3 is 0 Å². The largest absolute Gasteiger partial charge is 0.322 e. The topological polar surface area (TPSA) is 81.8 Å². The van der Waals surface area contributed by atoms with Crippen molar-refractivity contribution in [2.75, 3.05) is 27.2 Å². The molecule has 0 radical (unpaired) electrons. The van der Waals surface area contributed by atoms with E-state index in [2.05, 4.69) is 10.6 Å². The van der Waals surface area contributed by atoms with E-state index in [0.717, 1.165) is 5.56 Å². The summed E-state index contributed by atoms with van der Waals surface area (Å²) in [5.41, 5.74) is 1.89. The van der Waals surface area contributed by atoms with Gasteiger partial charge < -0.3 is 10.2 Å². The van der Waals surface area contributed by atoms with Crippen molar-refractivity contribution in [3.63, 3.8) is 0 Å². The third-order valence-electron chi connectivity index (χ3n) is 5.02. The Bertz CT molecular complexity index is 799. The van der Waals surface area contributed by atoms with Crippen LogP contribution < -0.4 is 10.6 Å². The first kappa shape index (κ1) is 20.3. The van der Waals surface area contributed by atoms with Gasteiger partial charge in [0.25, 0.3) is 11.8 Å². The van der Waals surface area contributed by atoms with Crippen LogP contribution in [-0.4, -0.2) is 66.7 Å². The van der Waals surface area contributed by atoms with Crippen molar-refractivity contribution in [2.45, 2.75) is 37.9 Å². The lowest BCUT2D eigenvalue weighted by molar-refractivity contribution is -0.136. The third-order valence-corrected chi connectivity index (χ3v) is 5.02.